The first kappa shape index (κ1) is 12.6. The van der Waals surface area contributed by atoms with Gasteiger partial charge < -0.3 is 30.3 Å². The van der Waals surface area contributed by atoms with Gasteiger partial charge in [-0.2, -0.15) is 0 Å². The van der Waals surface area contributed by atoms with Gasteiger partial charge in [0.05, 0.1) is 29.3 Å². The van der Waals surface area contributed by atoms with Crippen molar-refractivity contribution in [3.63, 3.8) is 0 Å². The van der Waals surface area contributed by atoms with Gasteiger partial charge >= 0.3 is 0 Å². The third-order valence-electron chi connectivity index (χ3n) is 2.23. The third kappa shape index (κ3) is 2.03. The van der Waals surface area contributed by atoms with Crippen LogP contribution in [0.4, 0.5) is 0 Å². The molecule has 0 radical (unpaired) electrons. The molecular formula is C7H13IO6. The summed E-state index contributed by atoms with van der Waals surface area (Å²) in [7, 11) is 0. The summed E-state index contributed by atoms with van der Waals surface area (Å²) in [5.74, 6) is -2.20. The second kappa shape index (κ2) is 4.56. The lowest BCUT2D eigenvalue weighted by atomic mass is 9.95. The molecule has 1 saturated heterocycles. The lowest BCUT2D eigenvalue weighted by Crippen LogP contribution is -2.65. The quantitative estimate of drug-likeness (QED) is 0.286. The predicted molar refractivity (Wildman–Crippen MR) is 53.8 cm³/mol. The van der Waals surface area contributed by atoms with E-state index in [1.807, 2.05) is 0 Å². The van der Waals surface area contributed by atoms with Crippen molar-refractivity contribution in [2.24, 2.45) is 0 Å². The van der Waals surface area contributed by atoms with E-state index in [1.165, 1.54) is 0 Å². The fourth-order valence-corrected chi connectivity index (χ4v) is 2.09. The minimum absolute atomic E-state index is 0.403. The SMILES string of the molecule is OC[C@H]1O[C@](O)(CO)[C@@H](O)[C@@H](O)[C@@H]1[131I]. The molecule has 14 heavy (non-hydrogen) atoms. The number of aliphatic hydroxyl groups excluding tert-OH is 4. The normalized spacial score (nSPS) is 49.3. The standard InChI is InChI=1S/C7H13IO6/c8-4-3(1-9)14-7(13,2-10)6(12)5(4)11/h3-6,9-13H,1-2H2/t3-,4-,5+,6+,7-/m1/s1/i8+4. The number of hydrogen-bond acceptors (Lipinski definition) is 6. The summed E-state index contributed by atoms with van der Waals surface area (Å²) in [6.07, 6.45) is -3.65. The fourth-order valence-electron chi connectivity index (χ4n) is 1.33. The first-order valence-corrected chi connectivity index (χ1v) is 5.33. The summed E-state index contributed by atoms with van der Waals surface area (Å²) < 4.78 is 4.36. The van der Waals surface area contributed by atoms with Crippen LogP contribution in [0.2, 0.25) is 0 Å². The van der Waals surface area contributed by atoms with Gasteiger partial charge in [0.25, 0.3) is 0 Å². The number of halogens is 1. The minimum Gasteiger partial charge on any atom is -0.394 e. The largest absolute Gasteiger partial charge is 0.394 e. The number of hydrogen-bond donors (Lipinski definition) is 5. The molecule has 0 amide bonds. The number of aliphatic hydroxyl groups is 5. The predicted octanol–water partition coefficient (Wildman–Crippen LogP) is -2.42. The lowest BCUT2D eigenvalue weighted by Gasteiger charge is -2.44. The van der Waals surface area contributed by atoms with Gasteiger partial charge in [-0.15, -0.1) is 0 Å². The lowest BCUT2D eigenvalue weighted by molar-refractivity contribution is -0.331. The maximum Gasteiger partial charge on any atom is 0.218 e. The molecule has 0 aromatic heterocycles. The number of alkyl halides is 1. The molecule has 0 spiro atoms. The van der Waals surface area contributed by atoms with Crippen LogP contribution in [0, 0.1) is 0 Å². The second-order valence-electron chi connectivity index (χ2n) is 3.22. The summed E-state index contributed by atoms with van der Waals surface area (Å²) in [6.45, 7) is -1.25. The molecule has 7 heteroatoms. The van der Waals surface area contributed by atoms with Gasteiger partial charge in [0.15, 0.2) is 0 Å². The van der Waals surface area contributed by atoms with Gasteiger partial charge in [0.1, 0.15) is 6.10 Å². The zero-order valence-electron chi connectivity index (χ0n) is 7.25. The van der Waals surface area contributed by atoms with E-state index in [1.54, 1.807) is 22.6 Å². The van der Waals surface area contributed by atoms with Crippen molar-refractivity contribution in [1.29, 1.82) is 0 Å². The summed E-state index contributed by atoms with van der Waals surface area (Å²) >= 11 is 1.81. The Balaban J connectivity index is 2.84. The molecular weight excluding hydrogens is 311 g/mol. The summed E-state index contributed by atoms with van der Waals surface area (Å²) in [4.78, 5) is 0. The Morgan fingerprint density at radius 2 is 1.86 bits per heavy atom. The van der Waals surface area contributed by atoms with E-state index in [9.17, 15) is 15.3 Å². The minimum atomic E-state index is -2.20. The summed E-state index contributed by atoms with van der Waals surface area (Å²) in [5, 5.41) is 46.1. The van der Waals surface area contributed by atoms with E-state index in [0.29, 0.717) is 0 Å². The monoisotopic (exact) mass is 324 g/mol. The van der Waals surface area contributed by atoms with Gasteiger partial charge in [-0.3, -0.25) is 0 Å². The van der Waals surface area contributed by atoms with Crippen LogP contribution in [0.1, 0.15) is 0 Å². The Morgan fingerprint density at radius 1 is 1.29 bits per heavy atom. The van der Waals surface area contributed by atoms with Crippen LogP contribution in [0.15, 0.2) is 0 Å². The highest BCUT2D eigenvalue weighted by Crippen LogP contribution is 2.31. The van der Waals surface area contributed by atoms with Crippen molar-refractivity contribution in [3.8, 4) is 0 Å². The van der Waals surface area contributed by atoms with Gasteiger partial charge in [0, 0.05) is 0 Å². The van der Waals surface area contributed by atoms with Crippen molar-refractivity contribution in [1.82, 2.24) is 0 Å². The zero-order valence-corrected chi connectivity index (χ0v) is 9.40. The van der Waals surface area contributed by atoms with Crippen LogP contribution in [-0.4, -0.2) is 66.8 Å². The Labute approximate surface area is 94.3 Å². The van der Waals surface area contributed by atoms with Crippen LogP contribution in [0.25, 0.3) is 0 Å². The Morgan fingerprint density at radius 3 is 2.29 bits per heavy atom. The number of rotatable bonds is 2. The molecule has 0 aliphatic carbocycles. The average Bonchev–Trinajstić information content (AvgIpc) is 2.20. The van der Waals surface area contributed by atoms with Crippen molar-refractivity contribution < 1.29 is 30.3 Å². The second-order valence-corrected chi connectivity index (χ2v) is 4.66. The first-order chi connectivity index (χ1) is 6.46. The maximum atomic E-state index is 9.54. The zero-order chi connectivity index (χ0) is 10.9. The molecule has 0 unspecified atom stereocenters. The molecule has 1 rings (SSSR count). The molecule has 0 aromatic rings. The molecule has 1 heterocycles. The smallest absolute Gasteiger partial charge is 0.218 e. The molecule has 0 aromatic carbocycles. The van der Waals surface area contributed by atoms with Gasteiger partial charge in [-0.25, -0.2) is 0 Å². The Kier molecular flexibility index (Phi) is 4.09. The molecule has 5 atom stereocenters. The van der Waals surface area contributed by atoms with E-state index in [-0.39, 0.29) is 0 Å². The van der Waals surface area contributed by atoms with E-state index >= 15 is 0 Å². The molecule has 5 N–H and O–H groups in total. The van der Waals surface area contributed by atoms with Crippen molar-refractivity contribution >= 4 is 22.6 Å². The maximum absolute atomic E-state index is 9.54. The Bertz CT molecular complexity index is 201. The average molecular weight is 324 g/mol. The van der Waals surface area contributed by atoms with Crippen LogP contribution >= 0.6 is 22.6 Å². The molecule has 1 fully saturated rings. The van der Waals surface area contributed by atoms with Crippen LogP contribution in [0.3, 0.4) is 0 Å². The van der Waals surface area contributed by atoms with E-state index in [4.69, 9.17) is 14.9 Å². The van der Waals surface area contributed by atoms with Gasteiger partial charge in [0.2, 0.25) is 5.79 Å². The van der Waals surface area contributed by atoms with Crippen molar-refractivity contribution in [2.75, 3.05) is 13.2 Å². The van der Waals surface area contributed by atoms with Gasteiger partial charge in [-0.1, -0.05) is 22.6 Å². The highest BCUT2D eigenvalue weighted by atomic mass is 131. The molecule has 1 aliphatic rings. The fraction of sp³-hybridized carbons (Fsp3) is 1.00. The molecule has 1 aliphatic heterocycles. The third-order valence-corrected chi connectivity index (χ3v) is 3.77. The molecule has 0 bridgehead atoms. The summed E-state index contributed by atoms with van der Waals surface area (Å²) in [5.41, 5.74) is 0. The van der Waals surface area contributed by atoms with Crippen LogP contribution in [-0.2, 0) is 4.74 Å². The first-order valence-electron chi connectivity index (χ1n) is 4.08. The highest BCUT2D eigenvalue weighted by Gasteiger charge is 2.51. The Hall–Kier alpha value is 0.490. The molecule has 84 valence electrons. The van der Waals surface area contributed by atoms with Crippen LogP contribution < -0.4 is 0 Å². The topological polar surface area (TPSA) is 110 Å². The van der Waals surface area contributed by atoms with E-state index in [0.717, 1.165) is 0 Å². The van der Waals surface area contributed by atoms with Crippen LogP contribution in [0.5, 0.6) is 0 Å². The van der Waals surface area contributed by atoms with E-state index in [2.05, 4.69) is 0 Å². The summed E-state index contributed by atoms with van der Waals surface area (Å²) in [6, 6.07) is 0. The van der Waals surface area contributed by atoms with Crippen molar-refractivity contribution in [2.45, 2.75) is 28.0 Å². The molecule has 6 nitrogen and oxygen atoms in total. The van der Waals surface area contributed by atoms with Crippen molar-refractivity contribution in [3.05, 3.63) is 0 Å². The molecule has 0 saturated carbocycles. The van der Waals surface area contributed by atoms with Gasteiger partial charge in [-0.05, 0) is 0 Å². The van der Waals surface area contributed by atoms with E-state index < -0.39 is 41.2 Å². The highest BCUT2D eigenvalue weighted by molar-refractivity contribution is 14.1. The number of ether oxygens (including phenoxy) is 1.